The Hall–Kier alpha value is -2.56. The van der Waals surface area contributed by atoms with Crippen LogP contribution in [0, 0.1) is 0 Å². The van der Waals surface area contributed by atoms with Gasteiger partial charge < -0.3 is 9.64 Å². The van der Waals surface area contributed by atoms with Crippen molar-refractivity contribution in [1.82, 2.24) is 4.98 Å². The van der Waals surface area contributed by atoms with E-state index in [0.717, 1.165) is 0 Å². The van der Waals surface area contributed by atoms with Crippen LogP contribution in [0.25, 0.3) is 0 Å². The number of amides is 1. The van der Waals surface area contributed by atoms with Gasteiger partial charge in [-0.2, -0.15) is 0 Å². The van der Waals surface area contributed by atoms with Gasteiger partial charge in [0, 0.05) is 19.8 Å². The van der Waals surface area contributed by atoms with Gasteiger partial charge in [0.1, 0.15) is 5.60 Å². The maximum atomic E-state index is 12.0. The average Bonchev–Trinajstić information content (AvgIpc) is 2.46. The Kier molecular flexibility index (Phi) is 5.21. The molecule has 0 spiro atoms. The summed E-state index contributed by atoms with van der Waals surface area (Å²) in [6, 6.07) is 13.7. The Bertz CT molecular complexity index is 651. The first-order valence-corrected chi connectivity index (χ1v) is 7.55. The maximum absolute atomic E-state index is 12.0. The van der Waals surface area contributed by atoms with Gasteiger partial charge in [-0.3, -0.25) is 5.32 Å². The molecule has 1 aromatic heterocycles. The molecule has 122 valence electrons. The van der Waals surface area contributed by atoms with E-state index < -0.39 is 11.7 Å². The van der Waals surface area contributed by atoms with Gasteiger partial charge >= 0.3 is 6.09 Å². The van der Waals surface area contributed by atoms with Crippen LogP contribution in [0.5, 0.6) is 0 Å². The van der Waals surface area contributed by atoms with Gasteiger partial charge in [0.05, 0.1) is 5.69 Å². The predicted octanol–water partition coefficient (Wildman–Crippen LogP) is 4.07. The third-order valence-electron chi connectivity index (χ3n) is 3.05. The quantitative estimate of drug-likeness (QED) is 0.924. The van der Waals surface area contributed by atoms with Crippen molar-refractivity contribution in [1.29, 1.82) is 0 Å². The van der Waals surface area contributed by atoms with Crippen LogP contribution in [-0.4, -0.2) is 23.7 Å². The van der Waals surface area contributed by atoms with Gasteiger partial charge in [-0.1, -0.05) is 30.3 Å². The second-order valence-electron chi connectivity index (χ2n) is 6.34. The molecule has 0 fully saturated rings. The number of benzene rings is 1. The topological polar surface area (TPSA) is 54.5 Å². The molecule has 0 bridgehead atoms. The molecule has 2 rings (SSSR count). The molecular formula is C18H23N3O2. The number of nitrogens with zero attached hydrogens (tertiary/aromatic N) is 2. The van der Waals surface area contributed by atoms with Crippen LogP contribution in [0.3, 0.4) is 0 Å². The van der Waals surface area contributed by atoms with Crippen molar-refractivity contribution < 1.29 is 9.53 Å². The van der Waals surface area contributed by atoms with Crippen molar-refractivity contribution in [3.05, 3.63) is 54.2 Å². The van der Waals surface area contributed by atoms with Crippen molar-refractivity contribution in [3.8, 4) is 0 Å². The number of anilines is 2. The number of aromatic nitrogens is 1. The third-order valence-corrected chi connectivity index (χ3v) is 3.05. The van der Waals surface area contributed by atoms with E-state index in [1.54, 1.807) is 12.3 Å². The van der Waals surface area contributed by atoms with Crippen molar-refractivity contribution in [2.45, 2.75) is 32.9 Å². The molecule has 0 unspecified atom stereocenters. The van der Waals surface area contributed by atoms with E-state index in [1.807, 2.05) is 57.0 Å². The Morgan fingerprint density at radius 2 is 1.87 bits per heavy atom. The van der Waals surface area contributed by atoms with E-state index in [9.17, 15) is 4.79 Å². The summed E-state index contributed by atoms with van der Waals surface area (Å²) in [5.41, 5.74) is 1.26. The van der Waals surface area contributed by atoms with Crippen molar-refractivity contribution in [2.24, 2.45) is 0 Å². The number of ether oxygens (including phenoxy) is 1. The maximum Gasteiger partial charge on any atom is 0.412 e. The van der Waals surface area contributed by atoms with Crippen LogP contribution >= 0.6 is 0 Å². The molecule has 1 aromatic carbocycles. The van der Waals surface area contributed by atoms with Gasteiger partial charge in [-0.25, -0.2) is 9.78 Å². The number of nitrogens with one attached hydrogen (secondary N) is 1. The molecule has 0 aliphatic heterocycles. The molecule has 0 aliphatic rings. The zero-order chi connectivity index (χ0) is 16.9. The second kappa shape index (κ2) is 7.13. The highest BCUT2D eigenvalue weighted by Crippen LogP contribution is 2.23. The Morgan fingerprint density at radius 1 is 1.17 bits per heavy atom. The molecule has 0 saturated heterocycles. The highest BCUT2D eigenvalue weighted by molar-refractivity contribution is 5.88. The van der Waals surface area contributed by atoms with Crippen molar-refractivity contribution >= 4 is 17.6 Å². The van der Waals surface area contributed by atoms with Crippen molar-refractivity contribution in [3.63, 3.8) is 0 Å². The van der Waals surface area contributed by atoms with Crippen LogP contribution in [0.1, 0.15) is 26.3 Å². The molecule has 0 atom stereocenters. The monoisotopic (exact) mass is 313 g/mol. The van der Waals surface area contributed by atoms with E-state index in [1.165, 1.54) is 5.56 Å². The summed E-state index contributed by atoms with van der Waals surface area (Å²) < 4.78 is 5.30. The van der Waals surface area contributed by atoms with Gasteiger partial charge in [-0.15, -0.1) is 0 Å². The minimum atomic E-state index is -0.539. The zero-order valence-corrected chi connectivity index (χ0v) is 14.0. The molecule has 23 heavy (non-hydrogen) atoms. The van der Waals surface area contributed by atoms with Crippen LogP contribution in [0.15, 0.2) is 48.7 Å². The number of hydrogen-bond acceptors (Lipinski definition) is 4. The smallest absolute Gasteiger partial charge is 0.412 e. The normalized spacial score (nSPS) is 11.0. The Labute approximate surface area is 137 Å². The first kappa shape index (κ1) is 16.8. The molecule has 5 heteroatoms. The minimum absolute atomic E-state index is 0.486. The first-order chi connectivity index (χ1) is 10.8. The summed E-state index contributed by atoms with van der Waals surface area (Å²) in [5, 5.41) is 2.77. The summed E-state index contributed by atoms with van der Waals surface area (Å²) in [7, 11) is 1.94. The summed E-state index contributed by atoms with van der Waals surface area (Å²) in [5.74, 6) is 0.696. The number of rotatable bonds is 4. The fourth-order valence-electron chi connectivity index (χ4n) is 2.14. The summed E-state index contributed by atoms with van der Waals surface area (Å²) >= 11 is 0. The molecule has 0 aliphatic carbocycles. The van der Waals surface area contributed by atoms with Gasteiger partial charge in [-0.05, 0) is 38.5 Å². The summed E-state index contributed by atoms with van der Waals surface area (Å²) in [4.78, 5) is 18.3. The van der Waals surface area contributed by atoms with Gasteiger partial charge in [0.2, 0.25) is 0 Å². The third kappa shape index (κ3) is 5.29. The minimum Gasteiger partial charge on any atom is -0.444 e. The molecule has 1 N–H and O–H groups in total. The summed E-state index contributed by atoms with van der Waals surface area (Å²) in [6.45, 7) is 6.19. The fourth-order valence-corrected chi connectivity index (χ4v) is 2.14. The van der Waals surface area contributed by atoms with Crippen LogP contribution in [0.4, 0.5) is 16.3 Å². The number of pyridine rings is 1. The molecule has 1 amide bonds. The van der Waals surface area contributed by atoms with E-state index in [4.69, 9.17) is 4.74 Å². The van der Waals surface area contributed by atoms with E-state index in [2.05, 4.69) is 22.4 Å². The molecule has 2 aromatic rings. The lowest BCUT2D eigenvalue weighted by Gasteiger charge is -2.23. The van der Waals surface area contributed by atoms with Gasteiger partial charge in [0.25, 0.3) is 0 Å². The SMILES string of the molecule is CN(Cc1ccccc1)c1ncccc1NC(=O)OC(C)(C)C. The highest BCUT2D eigenvalue weighted by atomic mass is 16.6. The first-order valence-electron chi connectivity index (χ1n) is 7.55. The van der Waals surface area contributed by atoms with Crippen molar-refractivity contribution in [2.75, 3.05) is 17.3 Å². The van der Waals surface area contributed by atoms with Crippen LogP contribution in [0.2, 0.25) is 0 Å². The van der Waals surface area contributed by atoms with Crippen LogP contribution in [-0.2, 0) is 11.3 Å². The van der Waals surface area contributed by atoms with E-state index >= 15 is 0 Å². The molecular weight excluding hydrogens is 290 g/mol. The van der Waals surface area contributed by atoms with Crippen LogP contribution < -0.4 is 10.2 Å². The zero-order valence-electron chi connectivity index (χ0n) is 14.0. The van der Waals surface area contributed by atoms with E-state index in [-0.39, 0.29) is 0 Å². The van der Waals surface area contributed by atoms with Gasteiger partial charge in [0.15, 0.2) is 5.82 Å². The molecule has 5 nitrogen and oxygen atoms in total. The molecule has 0 radical (unpaired) electrons. The number of carbonyl (C=O) groups is 1. The predicted molar refractivity (Wildman–Crippen MR) is 92.6 cm³/mol. The Morgan fingerprint density at radius 3 is 2.52 bits per heavy atom. The average molecular weight is 313 g/mol. The lowest BCUT2D eigenvalue weighted by molar-refractivity contribution is 0.0636. The standard InChI is InChI=1S/C18H23N3O2/c1-18(2,3)23-17(22)20-15-11-8-12-19-16(15)21(4)13-14-9-6-5-7-10-14/h5-12H,13H2,1-4H3,(H,20,22). The number of carbonyl (C=O) groups excluding carboxylic acids is 1. The second-order valence-corrected chi connectivity index (χ2v) is 6.34. The summed E-state index contributed by atoms with van der Waals surface area (Å²) in [6.07, 6.45) is 1.22. The van der Waals surface area contributed by atoms with E-state index in [0.29, 0.717) is 18.1 Å². The molecule has 0 saturated carbocycles. The Balaban J connectivity index is 2.12. The largest absolute Gasteiger partial charge is 0.444 e. The number of hydrogen-bond donors (Lipinski definition) is 1. The lowest BCUT2D eigenvalue weighted by atomic mass is 10.2. The fraction of sp³-hybridized carbons (Fsp3) is 0.333. The highest BCUT2D eigenvalue weighted by Gasteiger charge is 2.18. The lowest BCUT2D eigenvalue weighted by Crippen LogP contribution is -2.28. The molecule has 1 heterocycles.